The minimum atomic E-state index is -0.0153. The number of hydrogen-bond donors (Lipinski definition) is 0. The normalized spacial score (nSPS) is 13.0. The highest BCUT2D eigenvalue weighted by molar-refractivity contribution is 5.77. The van der Waals surface area contributed by atoms with Gasteiger partial charge in [-0.15, -0.1) is 5.10 Å². The first kappa shape index (κ1) is 25.7. The third-order valence-corrected chi connectivity index (χ3v) is 6.58. The van der Waals surface area contributed by atoms with Crippen LogP contribution in [0.25, 0.3) is 27.6 Å². The van der Waals surface area contributed by atoms with Gasteiger partial charge < -0.3 is 19.3 Å². The van der Waals surface area contributed by atoms with Crippen LogP contribution in [0.3, 0.4) is 0 Å². The van der Waals surface area contributed by atoms with Crippen molar-refractivity contribution in [2.24, 2.45) is 0 Å². The number of nitrogens with zero attached hydrogens (tertiary/aromatic N) is 7. The number of aromatic nitrogens is 4. The summed E-state index contributed by atoms with van der Waals surface area (Å²) in [7, 11) is 4.88. The molecule has 5 rings (SSSR count). The predicted molar refractivity (Wildman–Crippen MR) is 149 cm³/mol. The zero-order chi connectivity index (χ0) is 27.2. The van der Waals surface area contributed by atoms with Crippen LogP contribution in [0.4, 0.5) is 5.82 Å². The van der Waals surface area contributed by atoms with E-state index in [2.05, 4.69) is 20.8 Å². The Bertz CT molecular complexity index is 1520. The molecule has 1 amide bonds. The third kappa shape index (κ3) is 5.52. The Balaban J connectivity index is 1.36. The van der Waals surface area contributed by atoms with E-state index in [9.17, 15) is 4.79 Å². The SMILES string of the molecule is C[N+]#Cc1cccnc1N1CCN(C(=O)Cn2nc(-c3ccc(OC)c(OC)c3)nc2-c2ccccc2)CC1. The van der Waals surface area contributed by atoms with E-state index in [-0.39, 0.29) is 12.5 Å². The molecule has 0 atom stereocenters. The van der Waals surface area contributed by atoms with Crippen LogP contribution in [-0.4, -0.2) is 78.0 Å². The Morgan fingerprint density at radius 3 is 2.44 bits per heavy atom. The molecule has 0 aliphatic carbocycles. The van der Waals surface area contributed by atoms with Gasteiger partial charge in [-0.2, -0.15) is 0 Å². The summed E-state index contributed by atoms with van der Waals surface area (Å²) in [4.78, 5) is 30.8. The summed E-state index contributed by atoms with van der Waals surface area (Å²) in [6.45, 7) is 2.57. The summed E-state index contributed by atoms with van der Waals surface area (Å²) in [6.07, 6.45) is 1.76. The second-order valence-corrected chi connectivity index (χ2v) is 8.93. The maximum Gasteiger partial charge on any atom is 0.314 e. The molecule has 10 nitrogen and oxygen atoms in total. The monoisotopic (exact) mass is 524 g/mol. The van der Waals surface area contributed by atoms with E-state index in [4.69, 9.17) is 19.6 Å². The van der Waals surface area contributed by atoms with Gasteiger partial charge in [0.05, 0.1) is 14.2 Å². The fourth-order valence-electron chi connectivity index (χ4n) is 4.60. The molecule has 0 unspecified atom stereocenters. The van der Waals surface area contributed by atoms with Crippen LogP contribution in [-0.2, 0) is 11.3 Å². The first-order valence-corrected chi connectivity index (χ1v) is 12.7. The molecule has 2 aromatic heterocycles. The van der Waals surface area contributed by atoms with Crippen LogP contribution < -0.4 is 14.4 Å². The molecule has 1 aliphatic rings. The molecule has 10 heteroatoms. The lowest BCUT2D eigenvalue weighted by Crippen LogP contribution is -2.50. The van der Waals surface area contributed by atoms with E-state index in [1.165, 1.54) is 0 Å². The van der Waals surface area contributed by atoms with Crippen molar-refractivity contribution in [2.75, 3.05) is 52.3 Å². The van der Waals surface area contributed by atoms with Gasteiger partial charge in [0.25, 0.3) is 7.05 Å². The number of anilines is 1. The summed E-state index contributed by atoms with van der Waals surface area (Å²) in [5, 5.41) is 4.74. The molecule has 0 N–H and O–H groups in total. The molecule has 0 spiro atoms. The molecule has 0 bridgehead atoms. The van der Waals surface area contributed by atoms with Gasteiger partial charge in [-0.05, 0) is 30.3 Å². The number of methoxy groups -OCH3 is 2. The Hall–Kier alpha value is -4.91. The molecular formula is C29H30N7O3+. The van der Waals surface area contributed by atoms with Gasteiger partial charge in [0.2, 0.25) is 5.91 Å². The smallest absolute Gasteiger partial charge is 0.314 e. The van der Waals surface area contributed by atoms with E-state index in [0.717, 1.165) is 22.5 Å². The zero-order valence-electron chi connectivity index (χ0n) is 22.2. The Kier molecular flexibility index (Phi) is 7.68. The number of ether oxygens (including phenoxy) is 2. The molecular weight excluding hydrogens is 494 g/mol. The van der Waals surface area contributed by atoms with Crippen molar-refractivity contribution in [3.05, 3.63) is 77.3 Å². The van der Waals surface area contributed by atoms with Crippen LogP contribution in [0.5, 0.6) is 11.5 Å². The maximum atomic E-state index is 13.4. The topological polar surface area (TPSA) is 90.0 Å². The van der Waals surface area contributed by atoms with Crippen LogP contribution in [0.15, 0.2) is 66.9 Å². The van der Waals surface area contributed by atoms with Gasteiger partial charge in [0.15, 0.2) is 29.0 Å². The van der Waals surface area contributed by atoms with Crippen LogP contribution >= 0.6 is 0 Å². The van der Waals surface area contributed by atoms with Gasteiger partial charge in [0.1, 0.15) is 12.1 Å². The lowest BCUT2D eigenvalue weighted by molar-refractivity contribution is -0.132. The summed E-state index contributed by atoms with van der Waals surface area (Å²) < 4.78 is 12.5. The van der Waals surface area contributed by atoms with E-state index in [0.29, 0.717) is 49.3 Å². The van der Waals surface area contributed by atoms with Crippen molar-refractivity contribution in [3.63, 3.8) is 0 Å². The highest BCUT2D eigenvalue weighted by atomic mass is 16.5. The molecule has 1 aliphatic heterocycles. The molecule has 198 valence electrons. The molecule has 1 fully saturated rings. The van der Waals surface area contributed by atoms with Crippen molar-refractivity contribution in [1.29, 1.82) is 0 Å². The highest BCUT2D eigenvalue weighted by Gasteiger charge is 2.25. The summed E-state index contributed by atoms with van der Waals surface area (Å²) in [6, 6.07) is 22.1. The Labute approximate surface area is 227 Å². The van der Waals surface area contributed by atoms with E-state index >= 15 is 0 Å². The number of carbonyl (C=O) groups is 1. The van der Waals surface area contributed by atoms with Crippen molar-refractivity contribution in [2.45, 2.75) is 6.54 Å². The lowest BCUT2D eigenvalue weighted by Gasteiger charge is -2.35. The van der Waals surface area contributed by atoms with Gasteiger partial charge in [-0.3, -0.25) is 4.79 Å². The predicted octanol–water partition coefficient (Wildman–Crippen LogP) is 3.68. The summed E-state index contributed by atoms with van der Waals surface area (Å²) in [5.74, 6) is 3.15. The first-order valence-electron chi connectivity index (χ1n) is 12.7. The van der Waals surface area contributed by atoms with E-state index in [1.807, 2.05) is 65.6 Å². The Morgan fingerprint density at radius 2 is 1.72 bits per heavy atom. The minimum Gasteiger partial charge on any atom is -0.493 e. The first-order chi connectivity index (χ1) is 19.1. The fourth-order valence-corrected chi connectivity index (χ4v) is 4.60. The summed E-state index contributed by atoms with van der Waals surface area (Å²) in [5.41, 5.74) is 2.49. The zero-order valence-corrected chi connectivity index (χ0v) is 22.2. The highest BCUT2D eigenvalue weighted by Crippen LogP contribution is 2.32. The second-order valence-electron chi connectivity index (χ2n) is 8.93. The number of benzene rings is 2. The number of amides is 1. The van der Waals surface area contributed by atoms with Gasteiger partial charge in [0, 0.05) is 43.5 Å². The van der Waals surface area contributed by atoms with Crippen LogP contribution in [0, 0.1) is 6.07 Å². The minimum absolute atomic E-state index is 0.0153. The number of hydrogen-bond acceptors (Lipinski definition) is 7. The number of pyridine rings is 1. The van der Waals surface area contributed by atoms with Crippen molar-refractivity contribution < 1.29 is 14.3 Å². The van der Waals surface area contributed by atoms with Gasteiger partial charge in [-0.1, -0.05) is 35.2 Å². The van der Waals surface area contributed by atoms with Crippen molar-refractivity contribution in [1.82, 2.24) is 24.6 Å². The number of rotatable bonds is 7. The molecule has 3 heterocycles. The van der Waals surface area contributed by atoms with Crippen molar-refractivity contribution in [3.8, 4) is 40.3 Å². The quantitative estimate of drug-likeness (QED) is 0.364. The van der Waals surface area contributed by atoms with Gasteiger partial charge >= 0.3 is 6.07 Å². The van der Waals surface area contributed by atoms with Crippen molar-refractivity contribution >= 4 is 11.7 Å². The van der Waals surface area contributed by atoms with Gasteiger partial charge in [-0.25, -0.2) is 14.6 Å². The van der Waals surface area contributed by atoms with Crippen LogP contribution in [0.2, 0.25) is 0 Å². The molecule has 1 saturated heterocycles. The second kappa shape index (κ2) is 11.6. The van der Waals surface area contributed by atoms with Crippen LogP contribution in [0.1, 0.15) is 5.56 Å². The molecule has 0 saturated carbocycles. The average molecular weight is 525 g/mol. The fraction of sp³-hybridized carbons (Fsp3) is 0.276. The largest absolute Gasteiger partial charge is 0.493 e. The molecule has 0 radical (unpaired) electrons. The standard InChI is InChI=1S/C29H30N7O3/c1-30-19-23-10-7-13-31-28(23)35-16-14-34(15-17-35)26(37)20-36-29(21-8-5-4-6-9-21)32-27(33-36)22-11-12-24(38-2)25(18-22)39-3/h4-13,18H,14-17,20H2,1-3H3/q+1. The number of carbonyl (C=O) groups excluding carboxylic acids is 1. The van der Waals surface area contributed by atoms with E-state index < -0.39 is 0 Å². The third-order valence-electron chi connectivity index (χ3n) is 6.58. The molecule has 4 aromatic rings. The lowest BCUT2D eigenvalue weighted by atomic mass is 10.2. The Morgan fingerprint density at radius 1 is 0.949 bits per heavy atom. The number of piperazine rings is 1. The molecule has 2 aromatic carbocycles. The maximum absolute atomic E-state index is 13.4. The molecule has 39 heavy (non-hydrogen) atoms. The van der Waals surface area contributed by atoms with E-state index in [1.54, 1.807) is 32.1 Å². The average Bonchev–Trinajstić information content (AvgIpc) is 3.41. The summed E-state index contributed by atoms with van der Waals surface area (Å²) >= 11 is 0.